The second-order valence-electron chi connectivity index (χ2n) is 3.35. The van der Waals surface area contributed by atoms with Crippen molar-refractivity contribution < 1.29 is 19.0 Å². The summed E-state index contributed by atoms with van der Waals surface area (Å²) in [4.78, 5) is 11.9. The molecule has 1 heterocycles. The van der Waals surface area contributed by atoms with E-state index in [9.17, 15) is 4.79 Å². The molecule has 0 saturated heterocycles. The molecule has 0 bridgehead atoms. The van der Waals surface area contributed by atoms with E-state index in [-0.39, 0.29) is 12.4 Å². The number of hydrogen-bond donors (Lipinski definition) is 0. The molecule has 0 aromatic carbocycles. The molecule has 0 amide bonds. The monoisotopic (exact) mass is 242 g/mol. The number of ketones is 1. The molecule has 1 aromatic heterocycles. The predicted octanol–water partition coefficient (Wildman–Crippen LogP) is 0.757. The molecule has 0 spiro atoms. The molecule has 6 nitrogen and oxygen atoms in total. The van der Waals surface area contributed by atoms with E-state index in [1.807, 2.05) is 6.92 Å². The largest absolute Gasteiger partial charge is 0.493 e. The van der Waals surface area contributed by atoms with Gasteiger partial charge in [-0.2, -0.15) is 5.10 Å². The Bertz CT molecular complexity index is 341. The number of nitrogens with zero attached hydrogens (tertiary/aromatic N) is 2. The number of aryl methyl sites for hydroxylation is 1. The predicted molar refractivity (Wildman–Crippen MR) is 61.5 cm³/mol. The van der Waals surface area contributed by atoms with Crippen LogP contribution < -0.4 is 4.74 Å². The summed E-state index contributed by atoms with van der Waals surface area (Å²) in [6, 6.07) is 0. The first-order chi connectivity index (χ1) is 8.24. The normalized spacial score (nSPS) is 10.5. The Kier molecular flexibility index (Phi) is 5.65. The standard InChI is InChI=1S/C11H18N2O4/c1-4-13-11(10(16-3)7-12-13)9(14)8-17-6-5-15-2/h7H,4-6,8H2,1-3H3. The Balaban J connectivity index is 2.63. The summed E-state index contributed by atoms with van der Waals surface area (Å²) in [6.45, 7) is 3.39. The molecule has 6 heteroatoms. The SMILES string of the molecule is CCn1ncc(OC)c1C(=O)COCCOC. The van der Waals surface area contributed by atoms with E-state index in [1.54, 1.807) is 11.8 Å². The average molecular weight is 242 g/mol. The third-order valence-electron chi connectivity index (χ3n) is 2.25. The topological polar surface area (TPSA) is 62.6 Å². The van der Waals surface area contributed by atoms with Gasteiger partial charge in [-0.05, 0) is 6.92 Å². The van der Waals surface area contributed by atoms with Gasteiger partial charge in [-0.1, -0.05) is 0 Å². The van der Waals surface area contributed by atoms with Crippen LogP contribution >= 0.6 is 0 Å². The summed E-state index contributed by atoms with van der Waals surface area (Å²) in [5.41, 5.74) is 0.451. The van der Waals surface area contributed by atoms with Crippen LogP contribution in [-0.4, -0.2) is 49.6 Å². The van der Waals surface area contributed by atoms with Crippen molar-refractivity contribution in [3.63, 3.8) is 0 Å². The molecular formula is C11H18N2O4. The van der Waals surface area contributed by atoms with Gasteiger partial charge in [-0.3, -0.25) is 9.48 Å². The summed E-state index contributed by atoms with van der Waals surface area (Å²) in [6.07, 6.45) is 1.53. The molecular weight excluding hydrogens is 224 g/mol. The second kappa shape index (κ2) is 7.03. The van der Waals surface area contributed by atoms with E-state index in [4.69, 9.17) is 14.2 Å². The molecule has 0 aliphatic carbocycles. The van der Waals surface area contributed by atoms with Crippen LogP contribution in [0.4, 0.5) is 0 Å². The van der Waals surface area contributed by atoms with Crippen molar-refractivity contribution in [1.29, 1.82) is 0 Å². The highest BCUT2D eigenvalue weighted by Gasteiger charge is 2.18. The third kappa shape index (κ3) is 3.54. The minimum absolute atomic E-state index is 0.00537. The van der Waals surface area contributed by atoms with E-state index in [1.165, 1.54) is 13.3 Å². The average Bonchev–Trinajstić information content (AvgIpc) is 2.77. The number of Topliss-reactive ketones (excluding diaryl/α,β-unsaturated/α-hetero) is 1. The zero-order valence-corrected chi connectivity index (χ0v) is 10.4. The first-order valence-corrected chi connectivity index (χ1v) is 5.44. The molecule has 0 aliphatic rings. The fourth-order valence-electron chi connectivity index (χ4n) is 1.41. The zero-order chi connectivity index (χ0) is 12.7. The van der Waals surface area contributed by atoms with E-state index >= 15 is 0 Å². The Labute approximate surface area is 100 Å². The molecule has 0 N–H and O–H groups in total. The first kappa shape index (κ1) is 13.7. The van der Waals surface area contributed by atoms with Gasteiger partial charge in [0, 0.05) is 13.7 Å². The van der Waals surface area contributed by atoms with Crippen molar-refractivity contribution in [3.8, 4) is 5.75 Å². The minimum Gasteiger partial charge on any atom is -0.493 e. The van der Waals surface area contributed by atoms with Gasteiger partial charge in [0.25, 0.3) is 0 Å². The molecule has 0 radical (unpaired) electrons. The number of rotatable bonds is 8. The van der Waals surface area contributed by atoms with E-state index in [2.05, 4.69) is 5.10 Å². The minimum atomic E-state index is -0.141. The molecule has 0 fully saturated rings. The summed E-state index contributed by atoms with van der Waals surface area (Å²) in [5.74, 6) is 0.337. The van der Waals surface area contributed by atoms with E-state index in [0.29, 0.717) is 31.2 Å². The van der Waals surface area contributed by atoms with E-state index in [0.717, 1.165) is 0 Å². The summed E-state index contributed by atoms with van der Waals surface area (Å²) in [7, 11) is 3.10. The molecule has 0 aliphatic heterocycles. The highest BCUT2D eigenvalue weighted by atomic mass is 16.5. The molecule has 0 atom stereocenters. The lowest BCUT2D eigenvalue weighted by Gasteiger charge is -2.06. The van der Waals surface area contributed by atoms with Crippen LogP contribution in [0, 0.1) is 0 Å². The fourth-order valence-corrected chi connectivity index (χ4v) is 1.41. The molecule has 96 valence electrons. The maximum Gasteiger partial charge on any atom is 0.210 e. The Hall–Kier alpha value is -1.40. The van der Waals surface area contributed by atoms with Gasteiger partial charge >= 0.3 is 0 Å². The van der Waals surface area contributed by atoms with Crippen LogP contribution in [0.1, 0.15) is 17.4 Å². The van der Waals surface area contributed by atoms with Crippen molar-refractivity contribution in [2.24, 2.45) is 0 Å². The van der Waals surface area contributed by atoms with Gasteiger partial charge in [0.1, 0.15) is 12.3 Å². The number of aromatic nitrogens is 2. The quantitative estimate of drug-likeness (QED) is 0.497. The first-order valence-electron chi connectivity index (χ1n) is 5.44. The van der Waals surface area contributed by atoms with Gasteiger partial charge in [-0.25, -0.2) is 0 Å². The van der Waals surface area contributed by atoms with Gasteiger partial charge in [0.05, 0.1) is 26.5 Å². The van der Waals surface area contributed by atoms with Gasteiger partial charge in [0.15, 0.2) is 5.75 Å². The number of carbonyl (C=O) groups excluding carboxylic acids is 1. The van der Waals surface area contributed by atoms with Crippen molar-refractivity contribution in [2.75, 3.05) is 34.0 Å². The number of carbonyl (C=O) groups is 1. The lowest BCUT2D eigenvalue weighted by molar-refractivity contribution is 0.0567. The van der Waals surface area contributed by atoms with Crippen LogP contribution in [0.3, 0.4) is 0 Å². The Morgan fingerprint density at radius 1 is 1.41 bits per heavy atom. The number of ether oxygens (including phenoxy) is 3. The van der Waals surface area contributed by atoms with Crippen molar-refractivity contribution >= 4 is 5.78 Å². The van der Waals surface area contributed by atoms with Crippen molar-refractivity contribution in [2.45, 2.75) is 13.5 Å². The Morgan fingerprint density at radius 3 is 2.76 bits per heavy atom. The van der Waals surface area contributed by atoms with Crippen LogP contribution in [0.15, 0.2) is 6.20 Å². The van der Waals surface area contributed by atoms with Gasteiger partial charge in [0.2, 0.25) is 5.78 Å². The lowest BCUT2D eigenvalue weighted by atomic mass is 10.3. The molecule has 0 unspecified atom stereocenters. The summed E-state index contributed by atoms with van der Waals surface area (Å²) < 4.78 is 16.7. The van der Waals surface area contributed by atoms with Gasteiger partial charge < -0.3 is 14.2 Å². The smallest absolute Gasteiger partial charge is 0.210 e. The highest BCUT2D eigenvalue weighted by molar-refractivity contribution is 5.98. The van der Waals surface area contributed by atoms with Crippen LogP contribution in [-0.2, 0) is 16.0 Å². The van der Waals surface area contributed by atoms with Gasteiger partial charge in [-0.15, -0.1) is 0 Å². The molecule has 1 rings (SSSR count). The molecule has 1 aromatic rings. The maximum atomic E-state index is 11.9. The maximum absolute atomic E-state index is 11.9. The summed E-state index contributed by atoms with van der Waals surface area (Å²) >= 11 is 0. The van der Waals surface area contributed by atoms with E-state index < -0.39 is 0 Å². The van der Waals surface area contributed by atoms with Crippen LogP contribution in [0.2, 0.25) is 0 Å². The second-order valence-corrected chi connectivity index (χ2v) is 3.35. The molecule has 0 saturated carbocycles. The van der Waals surface area contributed by atoms with Crippen molar-refractivity contribution in [1.82, 2.24) is 9.78 Å². The number of hydrogen-bond acceptors (Lipinski definition) is 5. The lowest BCUT2D eigenvalue weighted by Crippen LogP contribution is -2.17. The zero-order valence-electron chi connectivity index (χ0n) is 10.4. The molecule has 17 heavy (non-hydrogen) atoms. The summed E-state index contributed by atoms with van der Waals surface area (Å²) in [5, 5.41) is 4.06. The Morgan fingerprint density at radius 2 is 2.18 bits per heavy atom. The van der Waals surface area contributed by atoms with Crippen LogP contribution in [0.25, 0.3) is 0 Å². The van der Waals surface area contributed by atoms with Crippen molar-refractivity contribution in [3.05, 3.63) is 11.9 Å². The highest BCUT2D eigenvalue weighted by Crippen LogP contribution is 2.17. The third-order valence-corrected chi connectivity index (χ3v) is 2.25. The van der Waals surface area contributed by atoms with Crippen LogP contribution in [0.5, 0.6) is 5.75 Å². The number of methoxy groups -OCH3 is 2. The fraction of sp³-hybridized carbons (Fsp3) is 0.636.